The predicted molar refractivity (Wildman–Crippen MR) is 96.9 cm³/mol. The lowest BCUT2D eigenvalue weighted by Crippen LogP contribution is -2.30. The Morgan fingerprint density at radius 1 is 1.20 bits per heavy atom. The van der Waals surface area contributed by atoms with Gasteiger partial charge in [0.2, 0.25) is 11.8 Å². The van der Waals surface area contributed by atoms with E-state index in [1.54, 1.807) is 7.11 Å². The summed E-state index contributed by atoms with van der Waals surface area (Å²) >= 11 is 1.35. The fourth-order valence-corrected chi connectivity index (χ4v) is 4.04. The monoisotopic (exact) mass is 352 g/mol. The van der Waals surface area contributed by atoms with E-state index in [9.17, 15) is 9.59 Å². The van der Waals surface area contributed by atoms with Gasteiger partial charge in [-0.1, -0.05) is 41.7 Å². The van der Waals surface area contributed by atoms with Crippen molar-refractivity contribution in [1.82, 2.24) is 4.98 Å². The lowest BCUT2D eigenvalue weighted by atomic mass is 9.98. The smallest absolute Gasteiger partial charge is 0.239 e. The maximum atomic E-state index is 12.8. The van der Waals surface area contributed by atoms with Gasteiger partial charge >= 0.3 is 0 Å². The van der Waals surface area contributed by atoms with E-state index >= 15 is 0 Å². The molecule has 0 unspecified atom stereocenters. The number of methoxy groups -OCH3 is 1. The molecule has 3 aromatic rings. The fourth-order valence-electron chi connectivity index (χ4n) is 3.07. The zero-order valence-corrected chi connectivity index (χ0v) is 14.5. The molecule has 0 radical (unpaired) electrons. The molecule has 1 atom stereocenters. The van der Waals surface area contributed by atoms with Crippen LogP contribution in [0.25, 0.3) is 10.2 Å². The minimum absolute atomic E-state index is 0.167. The molecule has 2 amide bonds. The lowest BCUT2D eigenvalue weighted by Gasteiger charge is -2.11. The zero-order valence-electron chi connectivity index (χ0n) is 13.6. The molecule has 4 rings (SSSR count). The summed E-state index contributed by atoms with van der Waals surface area (Å²) in [5, 5.41) is 0.439. The van der Waals surface area contributed by atoms with Crippen molar-refractivity contribution in [2.45, 2.75) is 12.8 Å². The largest absolute Gasteiger partial charge is 0.497 e. The molecule has 0 N–H and O–H groups in total. The van der Waals surface area contributed by atoms with Crippen molar-refractivity contribution in [3.8, 4) is 5.75 Å². The summed E-state index contributed by atoms with van der Waals surface area (Å²) in [4.78, 5) is 30.9. The molecule has 126 valence electrons. The highest BCUT2D eigenvalue weighted by atomic mass is 32.1. The summed E-state index contributed by atoms with van der Waals surface area (Å²) in [5.41, 5.74) is 1.79. The minimum atomic E-state index is -0.323. The number of anilines is 1. The Labute approximate surface area is 148 Å². The number of fused-ring (bicyclic) bond motifs is 1. The fraction of sp³-hybridized carbons (Fsp3) is 0.211. The van der Waals surface area contributed by atoms with Crippen LogP contribution < -0.4 is 9.64 Å². The standard InChI is InChI=1S/C19H16N2O3S/c1-24-14-7-8-16-15(11-14)20-19(25-16)21-17(22)10-13(18(21)23)9-12-5-3-2-4-6-12/h2-8,11,13H,9-10H2,1H3/t13-/m0/s1. The molecule has 0 bridgehead atoms. The number of aromatic nitrogens is 1. The molecule has 5 nitrogen and oxygen atoms in total. The number of nitrogens with zero attached hydrogens (tertiary/aromatic N) is 2. The molecule has 0 spiro atoms. The second-order valence-corrected chi connectivity index (χ2v) is 7.00. The molecular weight excluding hydrogens is 336 g/mol. The molecule has 1 fully saturated rings. The highest BCUT2D eigenvalue weighted by molar-refractivity contribution is 7.22. The first-order chi connectivity index (χ1) is 12.2. The molecular formula is C19H16N2O3S. The molecule has 1 saturated heterocycles. The normalized spacial score (nSPS) is 17.5. The van der Waals surface area contributed by atoms with E-state index in [4.69, 9.17) is 4.74 Å². The number of hydrogen-bond donors (Lipinski definition) is 0. The topological polar surface area (TPSA) is 59.5 Å². The van der Waals surface area contributed by atoms with Crippen LogP contribution in [0.5, 0.6) is 5.75 Å². The average Bonchev–Trinajstić information content (AvgIpc) is 3.15. The van der Waals surface area contributed by atoms with Crippen molar-refractivity contribution in [3.05, 3.63) is 54.1 Å². The number of carbonyl (C=O) groups is 2. The Kier molecular flexibility index (Phi) is 3.97. The Balaban J connectivity index is 1.62. The van der Waals surface area contributed by atoms with Crippen LogP contribution in [0.4, 0.5) is 5.13 Å². The molecule has 1 aliphatic heterocycles. The number of thiazole rings is 1. The van der Waals surface area contributed by atoms with E-state index in [1.165, 1.54) is 16.2 Å². The van der Waals surface area contributed by atoms with Crippen molar-refractivity contribution in [1.29, 1.82) is 0 Å². The third-order valence-corrected chi connectivity index (χ3v) is 5.36. The number of amides is 2. The molecule has 2 heterocycles. The quantitative estimate of drug-likeness (QED) is 0.675. The summed E-state index contributed by atoms with van der Waals surface area (Å²) in [6.07, 6.45) is 0.799. The summed E-state index contributed by atoms with van der Waals surface area (Å²) < 4.78 is 6.12. The molecule has 6 heteroatoms. The van der Waals surface area contributed by atoms with E-state index in [2.05, 4.69) is 4.98 Å². The van der Waals surface area contributed by atoms with E-state index in [-0.39, 0.29) is 24.2 Å². The third kappa shape index (κ3) is 2.89. The average molecular weight is 352 g/mol. The first kappa shape index (κ1) is 15.8. The first-order valence-corrected chi connectivity index (χ1v) is 8.82. The van der Waals surface area contributed by atoms with Crippen LogP contribution in [0.3, 0.4) is 0 Å². The second-order valence-electron chi connectivity index (χ2n) is 5.99. The van der Waals surface area contributed by atoms with Gasteiger partial charge in [0.15, 0.2) is 5.13 Å². The van der Waals surface area contributed by atoms with Gasteiger partial charge in [0.1, 0.15) is 5.75 Å². The van der Waals surface area contributed by atoms with Crippen LogP contribution in [0.1, 0.15) is 12.0 Å². The van der Waals surface area contributed by atoms with Crippen molar-refractivity contribution in [3.63, 3.8) is 0 Å². The Hall–Kier alpha value is -2.73. The maximum Gasteiger partial charge on any atom is 0.239 e. The molecule has 2 aromatic carbocycles. The number of imide groups is 1. The number of benzene rings is 2. The zero-order chi connectivity index (χ0) is 17.4. The van der Waals surface area contributed by atoms with Gasteiger partial charge in [0.05, 0.1) is 23.2 Å². The van der Waals surface area contributed by atoms with E-state index in [1.807, 2.05) is 48.5 Å². The Bertz CT molecular complexity index is 952. The molecule has 1 aliphatic rings. The van der Waals surface area contributed by atoms with Crippen molar-refractivity contribution in [2.24, 2.45) is 5.92 Å². The van der Waals surface area contributed by atoms with Gasteiger partial charge in [-0.25, -0.2) is 9.88 Å². The van der Waals surface area contributed by atoms with E-state index in [0.717, 1.165) is 15.8 Å². The summed E-state index contributed by atoms with van der Waals surface area (Å²) in [7, 11) is 1.59. The predicted octanol–water partition coefficient (Wildman–Crippen LogP) is 3.43. The molecule has 0 saturated carbocycles. The maximum absolute atomic E-state index is 12.8. The third-order valence-electron chi connectivity index (χ3n) is 4.34. The number of hydrogen-bond acceptors (Lipinski definition) is 5. The van der Waals surface area contributed by atoms with Crippen LogP contribution in [0.15, 0.2) is 48.5 Å². The van der Waals surface area contributed by atoms with Crippen molar-refractivity contribution >= 4 is 38.5 Å². The Morgan fingerprint density at radius 3 is 2.76 bits per heavy atom. The van der Waals surface area contributed by atoms with Gasteiger partial charge < -0.3 is 4.74 Å². The van der Waals surface area contributed by atoms with Gasteiger partial charge in [-0.3, -0.25) is 9.59 Å². The highest BCUT2D eigenvalue weighted by Crippen LogP contribution is 2.35. The summed E-state index contributed by atoms with van der Waals surface area (Å²) in [5.74, 6) is 0.0265. The van der Waals surface area contributed by atoms with Gasteiger partial charge in [-0.15, -0.1) is 0 Å². The van der Waals surface area contributed by atoms with E-state index in [0.29, 0.717) is 17.3 Å². The van der Waals surface area contributed by atoms with Gasteiger partial charge in [-0.05, 0) is 24.1 Å². The van der Waals surface area contributed by atoms with Crippen LogP contribution in [0, 0.1) is 5.92 Å². The minimum Gasteiger partial charge on any atom is -0.497 e. The number of rotatable bonds is 4. The van der Waals surface area contributed by atoms with Crippen LogP contribution in [-0.2, 0) is 16.0 Å². The van der Waals surface area contributed by atoms with E-state index < -0.39 is 0 Å². The molecule has 1 aromatic heterocycles. The van der Waals surface area contributed by atoms with Gasteiger partial charge in [0.25, 0.3) is 0 Å². The number of ether oxygens (including phenoxy) is 1. The van der Waals surface area contributed by atoms with Gasteiger partial charge in [0, 0.05) is 12.5 Å². The van der Waals surface area contributed by atoms with Crippen LogP contribution in [0.2, 0.25) is 0 Å². The molecule has 25 heavy (non-hydrogen) atoms. The second kappa shape index (κ2) is 6.29. The highest BCUT2D eigenvalue weighted by Gasteiger charge is 2.40. The summed E-state index contributed by atoms with van der Waals surface area (Å²) in [6, 6.07) is 15.3. The Morgan fingerprint density at radius 2 is 2.00 bits per heavy atom. The lowest BCUT2D eigenvalue weighted by molar-refractivity contribution is -0.122. The van der Waals surface area contributed by atoms with Crippen molar-refractivity contribution < 1.29 is 14.3 Å². The van der Waals surface area contributed by atoms with Crippen molar-refractivity contribution in [2.75, 3.05) is 12.0 Å². The SMILES string of the molecule is COc1ccc2sc(N3C(=O)C[C@H](Cc4ccccc4)C3=O)nc2c1. The summed E-state index contributed by atoms with van der Waals surface area (Å²) in [6.45, 7) is 0. The van der Waals surface area contributed by atoms with Gasteiger partial charge in [-0.2, -0.15) is 0 Å². The number of carbonyl (C=O) groups excluding carboxylic acids is 2. The van der Waals surface area contributed by atoms with Crippen LogP contribution in [-0.4, -0.2) is 23.9 Å². The molecule has 0 aliphatic carbocycles. The first-order valence-electron chi connectivity index (χ1n) is 8.01. The van der Waals surface area contributed by atoms with Crippen LogP contribution >= 0.6 is 11.3 Å².